The number of para-hydroxylation sites is 1. The summed E-state index contributed by atoms with van der Waals surface area (Å²) in [6.07, 6.45) is 1.79. The predicted molar refractivity (Wildman–Crippen MR) is 108 cm³/mol. The van der Waals surface area contributed by atoms with Crippen LogP contribution in [0.2, 0.25) is 0 Å². The maximum Gasteiger partial charge on any atom is 0.262 e. The molecule has 1 aromatic heterocycles. The average molecular weight is 466 g/mol. The van der Waals surface area contributed by atoms with Gasteiger partial charge in [0.1, 0.15) is 5.82 Å². The molecule has 3 aromatic rings. The molecule has 9 heteroatoms. The summed E-state index contributed by atoms with van der Waals surface area (Å²) >= 11 is 4.15. The van der Waals surface area contributed by atoms with Gasteiger partial charge in [-0.3, -0.25) is 14.2 Å². The molecule has 1 aliphatic rings. The summed E-state index contributed by atoms with van der Waals surface area (Å²) in [5.41, 5.74) is 0.320. The first-order chi connectivity index (χ1) is 13.4. The molecule has 144 valence electrons. The molecule has 1 fully saturated rings. The summed E-state index contributed by atoms with van der Waals surface area (Å²) in [5.74, 6) is -2.17. The van der Waals surface area contributed by atoms with Crippen LogP contribution in [0.1, 0.15) is 18.9 Å². The van der Waals surface area contributed by atoms with Gasteiger partial charge in [0.2, 0.25) is 5.91 Å². The summed E-state index contributed by atoms with van der Waals surface area (Å²) in [7, 11) is 0. The number of aromatic nitrogens is 2. The number of hydrogen-bond donors (Lipinski definition) is 1. The van der Waals surface area contributed by atoms with Crippen LogP contribution in [0.5, 0.6) is 0 Å². The van der Waals surface area contributed by atoms with Crippen molar-refractivity contribution >= 4 is 50.2 Å². The number of halogens is 3. The number of anilines is 1. The number of amides is 1. The van der Waals surface area contributed by atoms with Gasteiger partial charge >= 0.3 is 0 Å². The van der Waals surface area contributed by atoms with E-state index in [1.165, 1.54) is 0 Å². The van der Waals surface area contributed by atoms with Crippen LogP contribution in [-0.4, -0.2) is 21.2 Å². The summed E-state index contributed by atoms with van der Waals surface area (Å²) < 4.78 is 28.8. The highest BCUT2D eigenvalue weighted by Gasteiger charge is 2.28. The molecule has 1 saturated carbocycles. The Bertz CT molecular complexity index is 1120. The SMILES string of the molecule is O=C(CSc1nc2ccccc2c(=O)n1C1CC1)Nc1c(F)cc(F)cc1Br. The van der Waals surface area contributed by atoms with E-state index in [2.05, 4.69) is 26.2 Å². The van der Waals surface area contributed by atoms with Crippen molar-refractivity contribution in [1.82, 2.24) is 9.55 Å². The zero-order chi connectivity index (χ0) is 19.8. The van der Waals surface area contributed by atoms with Crippen molar-refractivity contribution in [2.24, 2.45) is 0 Å². The van der Waals surface area contributed by atoms with Crippen molar-refractivity contribution in [1.29, 1.82) is 0 Å². The molecule has 5 nitrogen and oxygen atoms in total. The molecule has 0 atom stereocenters. The molecule has 0 spiro atoms. The normalized spacial score (nSPS) is 13.7. The highest BCUT2D eigenvalue weighted by Crippen LogP contribution is 2.37. The Hall–Kier alpha value is -2.26. The number of carbonyl (C=O) groups is 1. The van der Waals surface area contributed by atoms with E-state index in [1.54, 1.807) is 28.8 Å². The van der Waals surface area contributed by atoms with Gasteiger partial charge in [0.25, 0.3) is 5.56 Å². The van der Waals surface area contributed by atoms with Gasteiger partial charge in [0, 0.05) is 16.6 Å². The van der Waals surface area contributed by atoms with E-state index in [4.69, 9.17) is 0 Å². The molecular weight excluding hydrogens is 452 g/mol. The van der Waals surface area contributed by atoms with Gasteiger partial charge in [-0.15, -0.1) is 0 Å². The molecule has 0 saturated heterocycles. The summed E-state index contributed by atoms with van der Waals surface area (Å²) in [6.45, 7) is 0. The second-order valence-corrected chi connectivity index (χ2v) is 8.20. The molecule has 1 aliphatic carbocycles. The molecule has 0 bridgehead atoms. The number of hydrogen-bond acceptors (Lipinski definition) is 4. The number of nitrogens with zero attached hydrogens (tertiary/aromatic N) is 2. The Morgan fingerprint density at radius 1 is 1.29 bits per heavy atom. The van der Waals surface area contributed by atoms with Crippen molar-refractivity contribution in [3.05, 3.63) is 62.9 Å². The third kappa shape index (κ3) is 3.81. The highest BCUT2D eigenvalue weighted by molar-refractivity contribution is 9.10. The fraction of sp³-hybridized carbons (Fsp3) is 0.211. The van der Waals surface area contributed by atoms with Crippen LogP contribution in [0.3, 0.4) is 0 Å². The summed E-state index contributed by atoms with van der Waals surface area (Å²) in [6, 6.07) is 8.94. The number of fused-ring (bicyclic) bond motifs is 1. The lowest BCUT2D eigenvalue weighted by molar-refractivity contribution is -0.113. The minimum Gasteiger partial charge on any atom is -0.322 e. The topological polar surface area (TPSA) is 64.0 Å². The molecule has 0 unspecified atom stereocenters. The van der Waals surface area contributed by atoms with E-state index in [1.807, 2.05) is 0 Å². The second kappa shape index (κ2) is 7.63. The zero-order valence-corrected chi connectivity index (χ0v) is 16.8. The van der Waals surface area contributed by atoms with Crippen molar-refractivity contribution in [2.75, 3.05) is 11.1 Å². The molecule has 0 radical (unpaired) electrons. The van der Waals surface area contributed by atoms with Gasteiger partial charge in [-0.1, -0.05) is 23.9 Å². The van der Waals surface area contributed by atoms with Gasteiger partial charge in [0.05, 0.1) is 22.3 Å². The number of rotatable bonds is 5. The lowest BCUT2D eigenvalue weighted by Crippen LogP contribution is -2.23. The number of thioether (sulfide) groups is 1. The third-order valence-electron chi connectivity index (χ3n) is 4.29. The molecule has 1 amide bonds. The maximum absolute atomic E-state index is 13.9. The van der Waals surface area contributed by atoms with E-state index < -0.39 is 17.5 Å². The standard InChI is InChI=1S/C19H14BrF2N3O2S/c20-13-7-10(21)8-14(22)17(13)24-16(26)9-28-19-23-15-4-2-1-3-12(15)18(27)25(19)11-5-6-11/h1-4,7-8,11H,5-6,9H2,(H,24,26). The van der Waals surface area contributed by atoms with Gasteiger partial charge < -0.3 is 5.32 Å². The van der Waals surface area contributed by atoms with Crippen molar-refractivity contribution < 1.29 is 13.6 Å². The van der Waals surface area contributed by atoms with E-state index in [0.29, 0.717) is 22.1 Å². The van der Waals surface area contributed by atoms with Crippen LogP contribution < -0.4 is 10.9 Å². The zero-order valence-electron chi connectivity index (χ0n) is 14.4. The first kappa shape index (κ1) is 19.1. The van der Waals surface area contributed by atoms with Crippen LogP contribution in [0, 0.1) is 11.6 Å². The molecule has 1 N–H and O–H groups in total. The molecule has 4 rings (SSSR count). The first-order valence-corrected chi connectivity index (χ1v) is 10.3. The van der Waals surface area contributed by atoms with E-state index in [-0.39, 0.29) is 27.5 Å². The molecule has 2 aromatic carbocycles. The van der Waals surface area contributed by atoms with Gasteiger partial charge in [-0.05, 0) is 47.0 Å². The van der Waals surface area contributed by atoms with Gasteiger partial charge in [-0.2, -0.15) is 0 Å². The quantitative estimate of drug-likeness (QED) is 0.444. The number of nitrogens with one attached hydrogen (secondary N) is 1. The highest BCUT2D eigenvalue weighted by atomic mass is 79.9. The van der Waals surface area contributed by atoms with Crippen molar-refractivity contribution in [3.63, 3.8) is 0 Å². The van der Waals surface area contributed by atoms with E-state index >= 15 is 0 Å². The lowest BCUT2D eigenvalue weighted by atomic mass is 10.2. The van der Waals surface area contributed by atoms with E-state index in [9.17, 15) is 18.4 Å². The van der Waals surface area contributed by atoms with Crippen LogP contribution >= 0.6 is 27.7 Å². The number of carbonyl (C=O) groups excluding carboxylic acids is 1. The molecule has 0 aliphatic heterocycles. The Labute approximate surface area is 171 Å². The number of benzene rings is 2. The summed E-state index contributed by atoms with van der Waals surface area (Å²) in [4.78, 5) is 29.6. The minimum absolute atomic E-state index is 0.0687. The van der Waals surface area contributed by atoms with Gasteiger partial charge in [-0.25, -0.2) is 13.8 Å². The largest absolute Gasteiger partial charge is 0.322 e. The third-order valence-corrected chi connectivity index (χ3v) is 5.87. The lowest BCUT2D eigenvalue weighted by Gasteiger charge is -2.13. The molecular formula is C19H14BrF2N3O2S. The Morgan fingerprint density at radius 3 is 2.75 bits per heavy atom. The first-order valence-electron chi connectivity index (χ1n) is 8.52. The van der Waals surface area contributed by atoms with Crippen molar-refractivity contribution in [2.45, 2.75) is 24.0 Å². The van der Waals surface area contributed by atoms with E-state index in [0.717, 1.165) is 30.7 Å². The maximum atomic E-state index is 13.9. The monoisotopic (exact) mass is 465 g/mol. The predicted octanol–water partition coefficient (Wildman–Crippen LogP) is 4.50. The van der Waals surface area contributed by atoms with Crippen LogP contribution in [0.4, 0.5) is 14.5 Å². The van der Waals surface area contributed by atoms with Crippen LogP contribution in [0.15, 0.2) is 50.8 Å². The minimum atomic E-state index is -0.871. The average Bonchev–Trinajstić information content (AvgIpc) is 3.48. The van der Waals surface area contributed by atoms with Crippen LogP contribution in [-0.2, 0) is 4.79 Å². The van der Waals surface area contributed by atoms with Gasteiger partial charge in [0.15, 0.2) is 11.0 Å². The van der Waals surface area contributed by atoms with Crippen LogP contribution in [0.25, 0.3) is 10.9 Å². The fourth-order valence-corrected chi connectivity index (χ4v) is 4.22. The molecule has 1 heterocycles. The van der Waals surface area contributed by atoms with Crippen molar-refractivity contribution in [3.8, 4) is 0 Å². The second-order valence-electron chi connectivity index (χ2n) is 6.40. The Kier molecular flexibility index (Phi) is 5.20. The smallest absolute Gasteiger partial charge is 0.262 e. The Balaban J connectivity index is 1.57. The molecule has 28 heavy (non-hydrogen) atoms. The fourth-order valence-electron chi connectivity index (χ4n) is 2.85. The summed E-state index contributed by atoms with van der Waals surface area (Å²) in [5, 5.41) is 3.43. The Morgan fingerprint density at radius 2 is 2.04 bits per heavy atom.